The van der Waals surface area contributed by atoms with Crippen LogP contribution in [-0.4, -0.2) is 4.98 Å². The molecule has 56 valence electrons. The third-order valence-electron chi connectivity index (χ3n) is 1.56. The number of hydrogen-bond donors (Lipinski definition) is 1. The SMILES string of the molecule is CCc1ccnc(N)c1C#N. The van der Waals surface area contributed by atoms with E-state index in [0.717, 1.165) is 12.0 Å². The summed E-state index contributed by atoms with van der Waals surface area (Å²) in [5, 5.41) is 8.66. The zero-order valence-corrected chi connectivity index (χ0v) is 6.33. The molecular formula is C8H9N3. The van der Waals surface area contributed by atoms with E-state index < -0.39 is 0 Å². The minimum absolute atomic E-state index is 0.326. The Morgan fingerprint density at radius 1 is 1.73 bits per heavy atom. The molecule has 0 aliphatic heterocycles. The molecule has 1 aromatic heterocycles. The lowest BCUT2D eigenvalue weighted by Gasteiger charge is -2.00. The molecule has 0 atom stereocenters. The van der Waals surface area contributed by atoms with Crippen LogP contribution in [0.4, 0.5) is 5.82 Å². The van der Waals surface area contributed by atoms with Crippen molar-refractivity contribution in [2.75, 3.05) is 5.73 Å². The van der Waals surface area contributed by atoms with Crippen molar-refractivity contribution < 1.29 is 0 Å². The molecule has 0 aromatic carbocycles. The smallest absolute Gasteiger partial charge is 0.141 e. The summed E-state index contributed by atoms with van der Waals surface area (Å²) >= 11 is 0. The number of nitrogens with two attached hydrogens (primary N) is 1. The van der Waals surface area contributed by atoms with Gasteiger partial charge in [-0.15, -0.1) is 0 Å². The normalized spacial score (nSPS) is 9.09. The monoisotopic (exact) mass is 147 g/mol. The van der Waals surface area contributed by atoms with Gasteiger partial charge in [-0.05, 0) is 18.1 Å². The van der Waals surface area contributed by atoms with E-state index in [4.69, 9.17) is 11.0 Å². The summed E-state index contributed by atoms with van der Waals surface area (Å²) in [6.07, 6.45) is 2.44. The predicted octanol–water partition coefficient (Wildman–Crippen LogP) is 1.10. The number of anilines is 1. The third-order valence-corrected chi connectivity index (χ3v) is 1.56. The third kappa shape index (κ3) is 1.30. The molecule has 2 N–H and O–H groups in total. The van der Waals surface area contributed by atoms with Gasteiger partial charge in [0.25, 0.3) is 0 Å². The standard InChI is InChI=1S/C8H9N3/c1-2-6-3-4-11-8(10)7(6)5-9/h3-4H,2H2,1H3,(H2,10,11). The summed E-state index contributed by atoms with van der Waals surface area (Å²) in [5.74, 6) is 0.326. The molecule has 3 heteroatoms. The Morgan fingerprint density at radius 3 is 2.91 bits per heavy atom. The molecule has 1 aromatic rings. The first-order chi connectivity index (χ1) is 5.29. The average Bonchev–Trinajstić information content (AvgIpc) is 2.04. The van der Waals surface area contributed by atoms with E-state index in [-0.39, 0.29) is 0 Å². The molecule has 0 aliphatic carbocycles. The van der Waals surface area contributed by atoms with Crippen molar-refractivity contribution in [3.05, 3.63) is 23.4 Å². The van der Waals surface area contributed by atoms with E-state index in [2.05, 4.69) is 4.98 Å². The van der Waals surface area contributed by atoms with Crippen LogP contribution < -0.4 is 5.73 Å². The molecule has 3 nitrogen and oxygen atoms in total. The summed E-state index contributed by atoms with van der Waals surface area (Å²) in [6.45, 7) is 1.98. The van der Waals surface area contributed by atoms with Crippen LogP contribution in [0.3, 0.4) is 0 Å². The topological polar surface area (TPSA) is 62.7 Å². The lowest BCUT2D eigenvalue weighted by Crippen LogP contribution is -1.97. The van der Waals surface area contributed by atoms with Crippen LogP contribution in [0.15, 0.2) is 12.3 Å². The summed E-state index contributed by atoms with van der Waals surface area (Å²) in [4.78, 5) is 3.81. The van der Waals surface area contributed by atoms with Crippen LogP contribution in [0, 0.1) is 11.3 Å². The fourth-order valence-electron chi connectivity index (χ4n) is 0.944. The quantitative estimate of drug-likeness (QED) is 0.646. The molecule has 0 fully saturated rings. The van der Waals surface area contributed by atoms with Crippen LogP contribution in [0.1, 0.15) is 18.1 Å². The van der Waals surface area contributed by atoms with Gasteiger partial charge in [-0.25, -0.2) is 4.98 Å². The van der Waals surface area contributed by atoms with Crippen LogP contribution in [0.25, 0.3) is 0 Å². The van der Waals surface area contributed by atoms with E-state index in [0.29, 0.717) is 11.4 Å². The van der Waals surface area contributed by atoms with Crippen molar-refractivity contribution in [2.24, 2.45) is 0 Å². The largest absolute Gasteiger partial charge is 0.383 e. The average molecular weight is 147 g/mol. The molecule has 0 bridgehead atoms. The molecule has 11 heavy (non-hydrogen) atoms. The Morgan fingerprint density at radius 2 is 2.45 bits per heavy atom. The van der Waals surface area contributed by atoms with E-state index in [1.807, 2.05) is 19.1 Å². The number of aromatic nitrogens is 1. The molecular weight excluding hydrogens is 138 g/mol. The van der Waals surface area contributed by atoms with Gasteiger partial charge in [0.2, 0.25) is 0 Å². The number of rotatable bonds is 1. The van der Waals surface area contributed by atoms with Crippen molar-refractivity contribution in [1.29, 1.82) is 5.26 Å². The highest BCUT2D eigenvalue weighted by Gasteiger charge is 2.03. The summed E-state index contributed by atoms with van der Waals surface area (Å²) < 4.78 is 0. The molecule has 0 aliphatic rings. The Hall–Kier alpha value is -1.56. The van der Waals surface area contributed by atoms with Gasteiger partial charge in [0.05, 0.1) is 5.56 Å². The summed E-state index contributed by atoms with van der Waals surface area (Å²) in [6, 6.07) is 3.84. The van der Waals surface area contributed by atoms with Gasteiger partial charge in [0.15, 0.2) is 0 Å². The highest BCUT2D eigenvalue weighted by Crippen LogP contribution is 2.12. The number of hydrogen-bond acceptors (Lipinski definition) is 3. The van der Waals surface area contributed by atoms with Crippen LogP contribution in [0.5, 0.6) is 0 Å². The molecule has 0 spiro atoms. The number of nitriles is 1. The molecule has 0 amide bonds. The first kappa shape index (κ1) is 7.55. The second-order valence-electron chi connectivity index (χ2n) is 2.20. The fourth-order valence-corrected chi connectivity index (χ4v) is 0.944. The highest BCUT2D eigenvalue weighted by atomic mass is 14.8. The molecule has 0 unspecified atom stereocenters. The van der Waals surface area contributed by atoms with Crippen LogP contribution in [-0.2, 0) is 6.42 Å². The molecule has 0 saturated heterocycles. The second kappa shape index (κ2) is 3.02. The van der Waals surface area contributed by atoms with E-state index in [1.165, 1.54) is 0 Å². The minimum Gasteiger partial charge on any atom is -0.383 e. The lowest BCUT2D eigenvalue weighted by molar-refractivity contribution is 1.11. The zero-order chi connectivity index (χ0) is 8.27. The summed E-state index contributed by atoms with van der Waals surface area (Å²) in [7, 11) is 0. The van der Waals surface area contributed by atoms with Crippen molar-refractivity contribution in [3.63, 3.8) is 0 Å². The van der Waals surface area contributed by atoms with Gasteiger partial charge in [-0.1, -0.05) is 6.92 Å². The predicted molar refractivity (Wildman–Crippen MR) is 42.7 cm³/mol. The maximum Gasteiger partial charge on any atom is 0.141 e. The Balaban J connectivity index is 3.27. The Labute approximate surface area is 65.5 Å². The number of nitrogen functional groups attached to an aromatic ring is 1. The Kier molecular flexibility index (Phi) is 2.07. The molecule has 1 heterocycles. The van der Waals surface area contributed by atoms with Crippen LogP contribution in [0.2, 0.25) is 0 Å². The second-order valence-corrected chi connectivity index (χ2v) is 2.20. The number of pyridine rings is 1. The zero-order valence-electron chi connectivity index (χ0n) is 6.33. The molecule has 0 radical (unpaired) electrons. The lowest BCUT2D eigenvalue weighted by atomic mass is 10.1. The highest BCUT2D eigenvalue weighted by molar-refractivity contribution is 5.52. The minimum atomic E-state index is 0.326. The number of nitrogens with zero attached hydrogens (tertiary/aromatic N) is 2. The van der Waals surface area contributed by atoms with Crippen molar-refractivity contribution in [1.82, 2.24) is 4.98 Å². The van der Waals surface area contributed by atoms with E-state index in [1.54, 1.807) is 6.20 Å². The van der Waals surface area contributed by atoms with Gasteiger partial charge in [-0.3, -0.25) is 0 Å². The first-order valence-electron chi connectivity index (χ1n) is 3.43. The van der Waals surface area contributed by atoms with Gasteiger partial charge < -0.3 is 5.73 Å². The van der Waals surface area contributed by atoms with E-state index in [9.17, 15) is 0 Å². The van der Waals surface area contributed by atoms with Gasteiger partial charge in [0.1, 0.15) is 11.9 Å². The van der Waals surface area contributed by atoms with Crippen molar-refractivity contribution in [3.8, 4) is 6.07 Å². The van der Waals surface area contributed by atoms with Crippen LogP contribution >= 0.6 is 0 Å². The number of aryl methyl sites for hydroxylation is 1. The fraction of sp³-hybridized carbons (Fsp3) is 0.250. The van der Waals surface area contributed by atoms with Crippen molar-refractivity contribution >= 4 is 5.82 Å². The van der Waals surface area contributed by atoms with Gasteiger partial charge in [0, 0.05) is 6.20 Å². The maximum atomic E-state index is 8.66. The molecule has 0 saturated carbocycles. The molecule has 1 rings (SSSR count). The maximum absolute atomic E-state index is 8.66. The van der Waals surface area contributed by atoms with E-state index >= 15 is 0 Å². The van der Waals surface area contributed by atoms with Crippen molar-refractivity contribution in [2.45, 2.75) is 13.3 Å². The summed E-state index contributed by atoms with van der Waals surface area (Å²) in [5.41, 5.74) is 6.94. The Bertz CT molecular complexity index is 299. The van der Waals surface area contributed by atoms with Gasteiger partial charge >= 0.3 is 0 Å². The van der Waals surface area contributed by atoms with Gasteiger partial charge in [-0.2, -0.15) is 5.26 Å². The first-order valence-corrected chi connectivity index (χ1v) is 3.43.